The average molecular weight is 225 g/mol. The van der Waals surface area contributed by atoms with Gasteiger partial charge in [0, 0.05) is 12.1 Å². The number of nitro benzene ring substituents is 1. The lowest BCUT2D eigenvalue weighted by Gasteiger charge is -2.01. The standard InChI is InChI=1S/C9H7NO6/c11-8(12)5-16-9(13)6-2-1-3-7(4-6)10(14)15/h1-4H,5H2,(H,11,12). The molecule has 0 bridgehead atoms. The normalized spacial score (nSPS) is 9.50. The van der Waals surface area contributed by atoms with Crippen LogP contribution in [0.5, 0.6) is 0 Å². The zero-order valence-electron chi connectivity index (χ0n) is 7.95. The number of aliphatic carboxylic acids is 1. The van der Waals surface area contributed by atoms with E-state index in [1.54, 1.807) is 0 Å². The minimum Gasteiger partial charge on any atom is -0.479 e. The van der Waals surface area contributed by atoms with Crippen LogP contribution in [0.1, 0.15) is 10.4 Å². The number of hydrogen-bond acceptors (Lipinski definition) is 5. The summed E-state index contributed by atoms with van der Waals surface area (Å²) in [6.45, 7) is -0.776. The predicted octanol–water partition coefficient (Wildman–Crippen LogP) is 0.836. The molecule has 0 aliphatic rings. The van der Waals surface area contributed by atoms with Crippen molar-refractivity contribution in [3.8, 4) is 0 Å². The summed E-state index contributed by atoms with van der Waals surface area (Å²) in [7, 11) is 0. The first-order chi connectivity index (χ1) is 7.50. The van der Waals surface area contributed by atoms with Crippen molar-refractivity contribution < 1.29 is 24.4 Å². The summed E-state index contributed by atoms with van der Waals surface area (Å²) < 4.78 is 4.36. The van der Waals surface area contributed by atoms with Gasteiger partial charge in [0.2, 0.25) is 0 Å². The first-order valence-corrected chi connectivity index (χ1v) is 4.14. The number of hydrogen-bond donors (Lipinski definition) is 1. The van der Waals surface area contributed by atoms with E-state index in [1.165, 1.54) is 18.2 Å². The lowest BCUT2D eigenvalue weighted by atomic mass is 10.2. The van der Waals surface area contributed by atoms with Gasteiger partial charge in [0.05, 0.1) is 10.5 Å². The first-order valence-electron chi connectivity index (χ1n) is 4.14. The fourth-order valence-electron chi connectivity index (χ4n) is 0.957. The third-order valence-electron chi connectivity index (χ3n) is 1.62. The molecule has 16 heavy (non-hydrogen) atoms. The van der Waals surface area contributed by atoms with Crippen molar-refractivity contribution >= 4 is 17.6 Å². The minimum absolute atomic E-state index is 0.0598. The van der Waals surface area contributed by atoms with E-state index in [0.29, 0.717) is 0 Å². The number of carboxylic acid groups (broad SMARTS) is 1. The molecule has 0 radical (unpaired) electrons. The zero-order chi connectivity index (χ0) is 12.1. The largest absolute Gasteiger partial charge is 0.479 e. The number of nitro groups is 1. The van der Waals surface area contributed by atoms with Crippen LogP contribution in [0.3, 0.4) is 0 Å². The second-order valence-corrected chi connectivity index (χ2v) is 2.78. The Bertz CT molecular complexity index is 441. The monoisotopic (exact) mass is 225 g/mol. The van der Waals surface area contributed by atoms with Crippen LogP contribution in [-0.4, -0.2) is 28.6 Å². The summed E-state index contributed by atoms with van der Waals surface area (Å²) in [6, 6.07) is 4.85. The maximum atomic E-state index is 11.2. The van der Waals surface area contributed by atoms with Crippen molar-refractivity contribution in [3.63, 3.8) is 0 Å². The van der Waals surface area contributed by atoms with E-state index in [1.807, 2.05) is 0 Å². The number of esters is 1. The number of carboxylic acids is 1. The molecule has 0 amide bonds. The Hall–Kier alpha value is -2.44. The SMILES string of the molecule is O=C(O)COC(=O)c1cccc([N+](=O)[O-])c1. The van der Waals surface area contributed by atoms with Gasteiger partial charge < -0.3 is 9.84 Å². The number of carbonyl (C=O) groups excluding carboxylic acids is 1. The van der Waals surface area contributed by atoms with Crippen LogP contribution in [0.4, 0.5) is 5.69 Å². The van der Waals surface area contributed by atoms with E-state index in [4.69, 9.17) is 5.11 Å². The second kappa shape index (κ2) is 4.87. The lowest BCUT2D eigenvalue weighted by molar-refractivity contribution is -0.384. The molecular weight excluding hydrogens is 218 g/mol. The molecule has 0 saturated carbocycles. The smallest absolute Gasteiger partial charge is 0.341 e. The van der Waals surface area contributed by atoms with Crippen LogP contribution >= 0.6 is 0 Å². The number of nitrogens with zero attached hydrogens (tertiary/aromatic N) is 1. The van der Waals surface area contributed by atoms with Crippen molar-refractivity contribution in [2.45, 2.75) is 0 Å². The summed E-state index contributed by atoms with van der Waals surface area (Å²) in [5.41, 5.74) is -0.319. The molecule has 0 unspecified atom stereocenters. The third-order valence-corrected chi connectivity index (χ3v) is 1.62. The molecular formula is C9H7NO6. The highest BCUT2D eigenvalue weighted by Crippen LogP contribution is 2.13. The summed E-state index contributed by atoms with van der Waals surface area (Å²) in [6.07, 6.45) is 0. The second-order valence-electron chi connectivity index (χ2n) is 2.78. The van der Waals surface area contributed by atoms with Gasteiger partial charge in [-0.05, 0) is 6.07 Å². The van der Waals surface area contributed by atoms with Gasteiger partial charge in [0.25, 0.3) is 5.69 Å². The predicted molar refractivity (Wildman–Crippen MR) is 51.0 cm³/mol. The van der Waals surface area contributed by atoms with Gasteiger partial charge in [-0.15, -0.1) is 0 Å². The fraction of sp³-hybridized carbons (Fsp3) is 0.111. The highest BCUT2D eigenvalue weighted by Gasteiger charge is 2.13. The Kier molecular flexibility index (Phi) is 3.54. The number of non-ortho nitro benzene ring substituents is 1. The molecule has 0 aromatic heterocycles. The van der Waals surface area contributed by atoms with E-state index in [9.17, 15) is 19.7 Å². The fourth-order valence-corrected chi connectivity index (χ4v) is 0.957. The molecule has 1 aromatic rings. The van der Waals surface area contributed by atoms with Crippen LogP contribution < -0.4 is 0 Å². The van der Waals surface area contributed by atoms with E-state index >= 15 is 0 Å². The number of rotatable bonds is 4. The summed E-state index contributed by atoms with van der Waals surface area (Å²) >= 11 is 0. The highest BCUT2D eigenvalue weighted by molar-refractivity contribution is 5.91. The molecule has 1 N–H and O–H groups in total. The Balaban J connectivity index is 2.79. The van der Waals surface area contributed by atoms with Crippen LogP contribution in [-0.2, 0) is 9.53 Å². The van der Waals surface area contributed by atoms with E-state index in [0.717, 1.165) is 6.07 Å². The quantitative estimate of drug-likeness (QED) is 0.462. The van der Waals surface area contributed by atoms with E-state index in [2.05, 4.69) is 4.74 Å². The molecule has 7 heteroatoms. The lowest BCUT2D eigenvalue weighted by Crippen LogP contribution is -2.13. The van der Waals surface area contributed by atoms with Crippen LogP contribution in [0.15, 0.2) is 24.3 Å². The molecule has 1 rings (SSSR count). The van der Waals surface area contributed by atoms with Gasteiger partial charge in [-0.2, -0.15) is 0 Å². The molecule has 1 aromatic carbocycles. The van der Waals surface area contributed by atoms with E-state index in [-0.39, 0.29) is 11.3 Å². The van der Waals surface area contributed by atoms with E-state index < -0.39 is 23.5 Å². The van der Waals surface area contributed by atoms with Crippen molar-refractivity contribution in [1.29, 1.82) is 0 Å². The zero-order valence-corrected chi connectivity index (χ0v) is 7.95. The van der Waals surface area contributed by atoms with Crippen molar-refractivity contribution in [3.05, 3.63) is 39.9 Å². The Morgan fingerprint density at radius 1 is 1.44 bits per heavy atom. The number of benzene rings is 1. The van der Waals surface area contributed by atoms with Crippen LogP contribution in [0.2, 0.25) is 0 Å². The number of carbonyl (C=O) groups is 2. The third kappa shape index (κ3) is 3.05. The van der Waals surface area contributed by atoms with Gasteiger partial charge in [-0.25, -0.2) is 9.59 Å². The molecule has 0 spiro atoms. The molecule has 0 aliphatic heterocycles. The summed E-state index contributed by atoms with van der Waals surface area (Å²) in [4.78, 5) is 31.1. The molecule has 0 fully saturated rings. The first kappa shape index (κ1) is 11.6. The molecule has 0 atom stereocenters. The Labute approximate surface area is 89.4 Å². The van der Waals surface area contributed by atoms with Crippen molar-refractivity contribution in [2.24, 2.45) is 0 Å². The topological polar surface area (TPSA) is 107 Å². The summed E-state index contributed by atoms with van der Waals surface area (Å²) in [5.74, 6) is -2.20. The molecule has 84 valence electrons. The molecule has 0 aliphatic carbocycles. The average Bonchev–Trinajstić information content (AvgIpc) is 2.26. The maximum Gasteiger partial charge on any atom is 0.341 e. The minimum atomic E-state index is -1.29. The van der Waals surface area contributed by atoms with Crippen molar-refractivity contribution in [1.82, 2.24) is 0 Å². The Morgan fingerprint density at radius 2 is 2.12 bits per heavy atom. The van der Waals surface area contributed by atoms with Gasteiger partial charge in [0.15, 0.2) is 6.61 Å². The van der Waals surface area contributed by atoms with Gasteiger partial charge >= 0.3 is 11.9 Å². The molecule has 0 heterocycles. The molecule has 7 nitrogen and oxygen atoms in total. The van der Waals surface area contributed by atoms with Crippen molar-refractivity contribution in [2.75, 3.05) is 6.61 Å². The van der Waals surface area contributed by atoms with Crippen LogP contribution in [0, 0.1) is 10.1 Å². The molecule has 0 saturated heterocycles. The van der Waals surface area contributed by atoms with Gasteiger partial charge in [-0.1, -0.05) is 6.07 Å². The van der Waals surface area contributed by atoms with Gasteiger partial charge in [0.1, 0.15) is 0 Å². The summed E-state index contributed by atoms with van der Waals surface area (Å²) in [5, 5.41) is 18.7. The number of ether oxygens (including phenoxy) is 1. The van der Waals surface area contributed by atoms with Gasteiger partial charge in [-0.3, -0.25) is 10.1 Å². The maximum absolute atomic E-state index is 11.2. The Morgan fingerprint density at radius 3 is 2.69 bits per heavy atom. The van der Waals surface area contributed by atoms with Crippen LogP contribution in [0.25, 0.3) is 0 Å². The highest BCUT2D eigenvalue weighted by atomic mass is 16.6.